The normalized spacial score (nSPS) is 10.5. The topological polar surface area (TPSA) is 102 Å². The van der Waals surface area contributed by atoms with Gasteiger partial charge in [-0.05, 0) is 58.1 Å². The molecule has 28 heavy (non-hydrogen) atoms. The highest BCUT2D eigenvalue weighted by Crippen LogP contribution is 2.33. The number of carbonyl (C=O) groups excluding carboxylic acids is 2. The number of tetrazole rings is 1. The van der Waals surface area contributed by atoms with Crippen molar-refractivity contribution in [1.82, 2.24) is 20.2 Å². The third-order valence-electron chi connectivity index (χ3n) is 3.64. The van der Waals surface area contributed by atoms with Gasteiger partial charge in [-0.1, -0.05) is 28.1 Å². The quantitative estimate of drug-likeness (QED) is 0.585. The molecule has 0 atom stereocenters. The van der Waals surface area contributed by atoms with Crippen molar-refractivity contribution in [2.24, 2.45) is 7.05 Å². The molecule has 0 saturated carbocycles. The van der Waals surface area contributed by atoms with Crippen LogP contribution in [0.25, 0.3) is 0 Å². The summed E-state index contributed by atoms with van der Waals surface area (Å²) < 4.78 is 2.41. The molecule has 144 valence electrons. The number of carbonyl (C=O) groups is 2. The standard InChI is InChI=1S/C18H17BrN6O2S/c1-11(26)20-14-6-3-12(4-7-14)9-17(27)21-15-10-13(19)5-8-16(15)28-18-22-23-24-25(18)2/h3-8,10H,9H2,1-2H3,(H,20,26)(H,21,27). The Morgan fingerprint density at radius 1 is 1.14 bits per heavy atom. The molecule has 0 radical (unpaired) electrons. The van der Waals surface area contributed by atoms with Crippen molar-refractivity contribution in [3.8, 4) is 0 Å². The van der Waals surface area contributed by atoms with Crippen LogP contribution < -0.4 is 10.6 Å². The Labute approximate surface area is 174 Å². The molecule has 0 aliphatic heterocycles. The summed E-state index contributed by atoms with van der Waals surface area (Å²) in [7, 11) is 1.75. The van der Waals surface area contributed by atoms with Crippen molar-refractivity contribution < 1.29 is 9.59 Å². The van der Waals surface area contributed by atoms with E-state index in [1.165, 1.54) is 18.7 Å². The lowest BCUT2D eigenvalue weighted by Crippen LogP contribution is -2.15. The number of aromatic nitrogens is 4. The third-order valence-corrected chi connectivity index (χ3v) is 5.23. The van der Waals surface area contributed by atoms with Gasteiger partial charge in [0, 0.05) is 29.0 Å². The Morgan fingerprint density at radius 2 is 1.89 bits per heavy atom. The van der Waals surface area contributed by atoms with Gasteiger partial charge in [0.25, 0.3) is 0 Å². The van der Waals surface area contributed by atoms with Crippen LogP contribution in [0, 0.1) is 0 Å². The van der Waals surface area contributed by atoms with Gasteiger partial charge in [-0.15, -0.1) is 5.10 Å². The molecule has 0 bridgehead atoms. The number of nitrogens with one attached hydrogen (secondary N) is 2. The minimum Gasteiger partial charge on any atom is -0.326 e. The zero-order valence-corrected chi connectivity index (χ0v) is 17.5. The highest BCUT2D eigenvalue weighted by Gasteiger charge is 2.13. The van der Waals surface area contributed by atoms with E-state index < -0.39 is 0 Å². The van der Waals surface area contributed by atoms with Gasteiger partial charge in [0.15, 0.2) is 0 Å². The molecule has 2 N–H and O–H groups in total. The second-order valence-corrected chi connectivity index (χ2v) is 7.86. The van der Waals surface area contributed by atoms with E-state index >= 15 is 0 Å². The van der Waals surface area contributed by atoms with Crippen molar-refractivity contribution in [3.63, 3.8) is 0 Å². The molecular weight excluding hydrogens is 444 g/mol. The maximum absolute atomic E-state index is 12.5. The fourth-order valence-corrected chi connectivity index (χ4v) is 3.54. The zero-order valence-electron chi connectivity index (χ0n) is 15.1. The van der Waals surface area contributed by atoms with E-state index in [1.807, 2.05) is 30.3 Å². The van der Waals surface area contributed by atoms with Crippen LogP contribution in [-0.2, 0) is 23.1 Å². The minimum absolute atomic E-state index is 0.136. The second kappa shape index (κ2) is 8.98. The number of halogens is 1. The average molecular weight is 461 g/mol. The zero-order chi connectivity index (χ0) is 20.1. The van der Waals surface area contributed by atoms with Gasteiger partial charge in [0.05, 0.1) is 12.1 Å². The van der Waals surface area contributed by atoms with Crippen molar-refractivity contribution in [2.75, 3.05) is 10.6 Å². The molecule has 0 spiro atoms. The number of aryl methyl sites for hydroxylation is 1. The number of benzene rings is 2. The van der Waals surface area contributed by atoms with E-state index in [4.69, 9.17) is 0 Å². The van der Waals surface area contributed by atoms with Crippen molar-refractivity contribution in [2.45, 2.75) is 23.4 Å². The molecule has 8 nitrogen and oxygen atoms in total. The molecule has 0 unspecified atom stereocenters. The monoisotopic (exact) mass is 460 g/mol. The highest BCUT2D eigenvalue weighted by molar-refractivity contribution is 9.10. The largest absolute Gasteiger partial charge is 0.326 e. The molecule has 2 aromatic carbocycles. The van der Waals surface area contributed by atoms with Crippen LogP contribution in [0.5, 0.6) is 0 Å². The number of amides is 2. The lowest BCUT2D eigenvalue weighted by molar-refractivity contribution is -0.116. The maximum Gasteiger partial charge on any atom is 0.228 e. The maximum atomic E-state index is 12.5. The summed E-state index contributed by atoms with van der Waals surface area (Å²) in [5.41, 5.74) is 2.20. The predicted octanol–water partition coefficient (Wildman–Crippen LogP) is 3.26. The Bertz CT molecular complexity index is 1010. The predicted molar refractivity (Wildman–Crippen MR) is 110 cm³/mol. The molecule has 0 fully saturated rings. The van der Waals surface area contributed by atoms with Crippen molar-refractivity contribution in [3.05, 3.63) is 52.5 Å². The molecule has 1 aromatic heterocycles. The molecule has 0 aliphatic carbocycles. The van der Waals surface area contributed by atoms with Crippen LogP contribution in [0.4, 0.5) is 11.4 Å². The molecular formula is C18H17BrN6O2S. The van der Waals surface area contributed by atoms with Crippen molar-refractivity contribution >= 4 is 50.9 Å². The van der Waals surface area contributed by atoms with Gasteiger partial charge in [-0.3, -0.25) is 9.59 Å². The number of rotatable bonds is 6. The second-order valence-electron chi connectivity index (χ2n) is 5.93. The Hall–Kier alpha value is -2.72. The third kappa shape index (κ3) is 5.40. The summed E-state index contributed by atoms with van der Waals surface area (Å²) in [5.74, 6) is -0.286. The molecule has 2 amide bonds. The van der Waals surface area contributed by atoms with Gasteiger partial charge >= 0.3 is 0 Å². The molecule has 10 heteroatoms. The van der Waals surface area contributed by atoms with Crippen molar-refractivity contribution in [1.29, 1.82) is 0 Å². The van der Waals surface area contributed by atoms with E-state index in [2.05, 4.69) is 42.1 Å². The first-order valence-corrected chi connectivity index (χ1v) is 9.88. The van der Waals surface area contributed by atoms with Gasteiger partial charge in [0.2, 0.25) is 17.0 Å². The summed E-state index contributed by atoms with van der Waals surface area (Å²) in [5, 5.41) is 17.7. The summed E-state index contributed by atoms with van der Waals surface area (Å²) in [6.45, 7) is 1.45. The first-order valence-electron chi connectivity index (χ1n) is 8.27. The van der Waals surface area contributed by atoms with E-state index in [-0.39, 0.29) is 18.2 Å². The summed E-state index contributed by atoms with van der Waals surface area (Å²) >= 11 is 4.80. The van der Waals surface area contributed by atoms with Gasteiger partial charge in [-0.2, -0.15) is 0 Å². The number of anilines is 2. The number of hydrogen-bond acceptors (Lipinski definition) is 6. The highest BCUT2D eigenvalue weighted by atomic mass is 79.9. The smallest absolute Gasteiger partial charge is 0.228 e. The van der Waals surface area contributed by atoms with Gasteiger partial charge < -0.3 is 10.6 Å². The number of hydrogen-bond donors (Lipinski definition) is 2. The van der Waals surface area contributed by atoms with Crippen LogP contribution in [-0.4, -0.2) is 32.0 Å². The van der Waals surface area contributed by atoms with E-state index in [9.17, 15) is 9.59 Å². The first kappa shape index (κ1) is 20.0. The first-order chi connectivity index (χ1) is 13.4. The molecule has 1 heterocycles. The van der Waals surface area contributed by atoms with E-state index in [0.29, 0.717) is 16.5 Å². The Morgan fingerprint density at radius 3 is 2.54 bits per heavy atom. The SMILES string of the molecule is CC(=O)Nc1ccc(CC(=O)Nc2cc(Br)ccc2Sc2nnnn2C)cc1. The molecule has 0 aliphatic rings. The molecule has 3 aromatic rings. The minimum atomic E-state index is -0.150. The lowest BCUT2D eigenvalue weighted by Gasteiger charge is -2.11. The molecule has 3 rings (SSSR count). The van der Waals surface area contributed by atoms with Gasteiger partial charge in [-0.25, -0.2) is 4.68 Å². The van der Waals surface area contributed by atoms with Crippen LogP contribution in [0.3, 0.4) is 0 Å². The van der Waals surface area contributed by atoms with Crippen LogP contribution >= 0.6 is 27.7 Å². The lowest BCUT2D eigenvalue weighted by atomic mass is 10.1. The van der Waals surface area contributed by atoms with Crippen LogP contribution in [0.15, 0.2) is 57.0 Å². The van der Waals surface area contributed by atoms with E-state index in [0.717, 1.165) is 14.9 Å². The Kier molecular flexibility index (Phi) is 6.42. The van der Waals surface area contributed by atoms with E-state index in [1.54, 1.807) is 23.9 Å². The van der Waals surface area contributed by atoms with Crippen LogP contribution in [0.2, 0.25) is 0 Å². The fourth-order valence-electron chi connectivity index (χ4n) is 2.38. The Balaban J connectivity index is 1.70. The van der Waals surface area contributed by atoms with Crippen LogP contribution in [0.1, 0.15) is 12.5 Å². The number of nitrogens with zero attached hydrogens (tertiary/aromatic N) is 4. The summed E-state index contributed by atoms with van der Waals surface area (Å²) in [6.07, 6.45) is 0.211. The average Bonchev–Trinajstić information content (AvgIpc) is 3.03. The molecule has 0 saturated heterocycles. The van der Waals surface area contributed by atoms with Gasteiger partial charge in [0.1, 0.15) is 0 Å². The summed E-state index contributed by atoms with van der Waals surface area (Å²) in [4.78, 5) is 24.4. The fraction of sp³-hybridized carbons (Fsp3) is 0.167. The summed E-state index contributed by atoms with van der Waals surface area (Å²) in [6, 6.07) is 12.8.